The molecule has 34 heavy (non-hydrogen) atoms. The number of aryl methyl sites for hydroxylation is 1. The molecule has 7 heteroatoms. The van der Waals surface area contributed by atoms with Crippen LogP contribution in [-0.2, 0) is 0 Å². The second kappa shape index (κ2) is 8.10. The fourth-order valence-electron chi connectivity index (χ4n) is 6.29. The second-order valence-electron chi connectivity index (χ2n) is 9.58. The molecule has 5 unspecified atom stereocenters. The molecule has 1 aliphatic carbocycles. The van der Waals surface area contributed by atoms with Crippen LogP contribution in [-0.4, -0.2) is 27.4 Å². The molecule has 2 aliphatic rings. The number of fused-ring (bicyclic) bond motifs is 2. The number of hydrogen-bond acceptors (Lipinski definition) is 4. The molecule has 0 radical (unpaired) electrons. The average molecular weight is 478 g/mol. The van der Waals surface area contributed by atoms with Crippen LogP contribution in [0.25, 0.3) is 4.96 Å². The molecule has 0 spiro atoms. The van der Waals surface area contributed by atoms with Crippen LogP contribution in [0.1, 0.15) is 47.2 Å². The Balaban J connectivity index is 1.35. The normalized spacial score (nSPS) is 25.3. The van der Waals surface area contributed by atoms with Crippen LogP contribution in [0.3, 0.4) is 0 Å². The smallest absolute Gasteiger partial charge is 0.263 e. The van der Waals surface area contributed by atoms with Crippen molar-refractivity contribution in [3.63, 3.8) is 0 Å². The summed E-state index contributed by atoms with van der Waals surface area (Å²) in [6.45, 7) is 5.72. The van der Waals surface area contributed by atoms with Gasteiger partial charge in [0.15, 0.2) is 4.96 Å². The summed E-state index contributed by atoms with van der Waals surface area (Å²) in [5, 5.41) is 1.88. The Morgan fingerprint density at radius 2 is 1.47 bits per heavy atom. The molecule has 174 valence electrons. The first-order chi connectivity index (χ1) is 16.4. The van der Waals surface area contributed by atoms with Crippen molar-refractivity contribution in [3.05, 3.63) is 104 Å². The minimum Gasteiger partial charge on any atom is -0.296 e. The van der Waals surface area contributed by atoms with Crippen molar-refractivity contribution in [3.8, 4) is 0 Å². The van der Waals surface area contributed by atoms with Gasteiger partial charge in [0, 0.05) is 30.7 Å². The summed E-state index contributed by atoms with van der Waals surface area (Å²) in [7, 11) is 0. The van der Waals surface area contributed by atoms with Crippen molar-refractivity contribution in [1.82, 2.24) is 14.3 Å². The van der Waals surface area contributed by atoms with Gasteiger partial charge in [0.2, 0.25) is 0 Å². The van der Waals surface area contributed by atoms with E-state index in [-0.39, 0.29) is 35.1 Å². The van der Waals surface area contributed by atoms with Gasteiger partial charge >= 0.3 is 0 Å². The average Bonchev–Trinajstić information content (AvgIpc) is 3.42. The first-order valence-corrected chi connectivity index (χ1v) is 12.5. The molecule has 2 fully saturated rings. The van der Waals surface area contributed by atoms with E-state index in [0.29, 0.717) is 16.8 Å². The minimum absolute atomic E-state index is 0.000617. The Morgan fingerprint density at radius 1 is 0.941 bits per heavy atom. The van der Waals surface area contributed by atoms with E-state index in [2.05, 4.69) is 16.8 Å². The van der Waals surface area contributed by atoms with Gasteiger partial charge in [-0.1, -0.05) is 24.3 Å². The second-order valence-corrected chi connectivity index (χ2v) is 10.5. The molecule has 3 heterocycles. The lowest BCUT2D eigenvalue weighted by Gasteiger charge is -2.49. The lowest BCUT2D eigenvalue weighted by Crippen LogP contribution is -2.42. The molecule has 4 nitrogen and oxygen atoms in total. The third-order valence-electron chi connectivity index (χ3n) is 7.92. The molecule has 0 bridgehead atoms. The molecule has 1 saturated heterocycles. The van der Waals surface area contributed by atoms with E-state index in [1.165, 1.54) is 35.6 Å². The topological polar surface area (TPSA) is 37.6 Å². The monoisotopic (exact) mass is 477 g/mol. The Morgan fingerprint density at radius 3 is 2.00 bits per heavy atom. The molecule has 2 aromatic heterocycles. The van der Waals surface area contributed by atoms with Crippen LogP contribution in [0, 0.1) is 30.4 Å². The van der Waals surface area contributed by atoms with E-state index in [1.807, 2.05) is 36.6 Å². The van der Waals surface area contributed by atoms with Crippen molar-refractivity contribution >= 4 is 16.3 Å². The fourth-order valence-corrected chi connectivity index (χ4v) is 7.04. The highest BCUT2D eigenvalue weighted by atomic mass is 32.1. The van der Waals surface area contributed by atoms with Crippen LogP contribution in [0.4, 0.5) is 8.78 Å². The van der Waals surface area contributed by atoms with Gasteiger partial charge < -0.3 is 0 Å². The maximum atomic E-state index is 13.6. The molecule has 6 rings (SSSR count). The Labute approximate surface area is 200 Å². The number of rotatable bonds is 4. The Hall–Kier alpha value is -2.90. The standard InChI is InChI=1S/C27H25F2N3OS/c1-15-23(26(33)32-11-12-34-27(32)30-15)16(2)31-13-21-22(14-31)25(18-5-9-20(29)10-6-18)24(21)17-3-7-19(28)8-4-17/h3-12,16,21-22,24-25H,13-14H2,1-2H3. The van der Waals surface area contributed by atoms with Gasteiger partial charge in [-0.15, -0.1) is 11.3 Å². The van der Waals surface area contributed by atoms with Crippen molar-refractivity contribution in [2.45, 2.75) is 31.7 Å². The molecule has 0 N–H and O–H groups in total. The first-order valence-electron chi connectivity index (χ1n) is 11.6. The lowest BCUT2D eigenvalue weighted by molar-refractivity contribution is 0.142. The predicted octanol–water partition coefficient (Wildman–Crippen LogP) is 5.53. The molecule has 1 saturated carbocycles. The lowest BCUT2D eigenvalue weighted by atomic mass is 9.54. The zero-order valence-corrected chi connectivity index (χ0v) is 19.8. The zero-order chi connectivity index (χ0) is 23.6. The van der Waals surface area contributed by atoms with Crippen LogP contribution < -0.4 is 5.56 Å². The van der Waals surface area contributed by atoms with E-state index < -0.39 is 0 Å². The third kappa shape index (κ3) is 3.33. The van der Waals surface area contributed by atoms with Crippen molar-refractivity contribution in [2.75, 3.05) is 13.1 Å². The summed E-state index contributed by atoms with van der Waals surface area (Å²) in [4.78, 5) is 21.0. The van der Waals surface area contributed by atoms with E-state index in [9.17, 15) is 13.6 Å². The maximum absolute atomic E-state index is 13.6. The quantitative estimate of drug-likeness (QED) is 0.388. The summed E-state index contributed by atoms with van der Waals surface area (Å²) in [5.41, 5.74) is 3.76. The molecule has 1 aliphatic heterocycles. The highest BCUT2D eigenvalue weighted by Crippen LogP contribution is 2.61. The molecule has 4 aromatic rings. The van der Waals surface area contributed by atoms with Crippen LogP contribution >= 0.6 is 11.3 Å². The highest BCUT2D eigenvalue weighted by molar-refractivity contribution is 7.15. The molecular formula is C27H25F2N3OS. The number of hydrogen-bond donors (Lipinski definition) is 0. The van der Waals surface area contributed by atoms with Gasteiger partial charge in [0.05, 0.1) is 11.3 Å². The summed E-state index contributed by atoms with van der Waals surface area (Å²) in [6.07, 6.45) is 1.79. The fraction of sp³-hybridized carbons (Fsp3) is 0.333. The minimum atomic E-state index is -0.244. The van der Waals surface area contributed by atoms with Crippen molar-refractivity contribution < 1.29 is 8.78 Å². The number of aromatic nitrogens is 2. The van der Waals surface area contributed by atoms with E-state index >= 15 is 0 Å². The predicted molar refractivity (Wildman–Crippen MR) is 129 cm³/mol. The van der Waals surface area contributed by atoms with Crippen molar-refractivity contribution in [1.29, 1.82) is 0 Å². The number of likely N-dealkylation sites (tertiary alicyclic amines) is 1. The van der Waals surface area contributed by atoms with E-state index in [0.717, 1.165) is 35.5 Å². The van der Waals surface area contributed by atoms with Gasteiger partial charge in [0.1, 0.15) is 11.6 Å². The number of halogens is 2. The molecule has 0 amide bonds. The largest absolute Gasteiger partial charge is 0.296 e. The third-order valence-corrected chi connectivity index (χ3v) is 8.67. The van der Waals surface area contributed by atoms with Crippen LogP contribution in [0.5, 0.6) is 0 Å². The van der Waals surface area contributed by atoms with Gasteiger partial charge in [-0.3, -0.25) is 14.1 Å². The van der Waals surface area contributed by atoms with E-state index in [1.54, 1.807) is 10.6 Å². The zero-order valence-electron chi connectivity index (χ0n) is 19.0. The van der Waals surface area contributed by atoms with Gasteiger partial charge in [0.25, 0.3) is 5.56 Å². The van der Waals surface area contributed by atoms with Gasteiger partial charge in [-0.05, 0) is 72.9 Å². The van der Waals surface area contributed by atoms with E-state index in [4.69, 9.17) is 0 Å². The Kier molecular flexibility index (Phi) is 5.15. The first kappa shape index (κ1) is 21.6. The molecular weight excluding hydrogens is 452 g/mol. The maximum Gasteiger partial charge on any atom is 0.263 e. The molecule has 2 aromatic carbocycles. The Bertz CT molecular complexity index is 1350. The highest BCUT2D eigenvalue weighted by Gasteiger charge is 2.56. The molecule has 5 atom stereocenters. The van der Waals surface area contributed by atoms with Crippen LogP contribution in [0.15, 0.2) is 64.9 Å². The summed E-state index contributed by atoms with van der Waals surface area (Å²) >= 11 is 1.46. The van der Waals surface area contributed by atoms with Gasteiger partial charge in [-0.25, -0.2) is 13.8 Å². The number of nitrogens with zero attached hydrogens (tertiary/aromatic N) is 3. The summed E-state index contributed by atoms with van der Waals surface area (Å²) in [5.74, 6) is 0.757. The summed E-state index contributed by atoms with van der Waals surface area (Å²) in [6, 6.07) is 13.5. The summed E-state index contributed by atoms with van der Waals surface area (Å²) < 4.78 is 28.9. The van der Waals surface area contributed by atoms with Crippen LogP contribution in [0.2, 0.25) is 0 Å². The number of benzene rings is 2. The SMILES string of the molecule is Cc1nc2sccn2c(=O)c1C(C)N1CC2C(C1)C(c1ccc(F)cc1)C2c1ccc(F)cc1. The van der Waals surface area contributed by atoms with Gasteiger partial charge in [-0.2, -0.15) is 0 Å². The number of thiazole rings is 1. The van der Waals surface area contributed by atoms with Crippen molar-refractivity contribution in [2.24, 2.45) is 11.8 Å².